The summed E-state index contributed by atoms with van der Waals surface area (Å²) in [5.74, 6) is 2.47. The Morgan fingerprint density at radius 3 is 2.02 bits per heavy atom. The molecule has 0 aliphatic heterocycles. The number of ether oxygens (including phenoxy) is 1. The molecule has 8 aromatic rings. The Balaban J connectivity index is 1.27. The molecule has 0 radical (unpaired) electrons. The summed E-state index contributed by atoms with van der Waals surface area (Å²) in [6, 6.07) is 36.6. The topological polar surface area (TPSA) is 39.9 Å². The molecule has 0 atom stereocenters. The fourth-order valence-electron chi connectivity index (χ4n) is 6.59. The maximum absolute atomic E-state index is 6.63. The molecule has 0 amide bonds. The average Bonchev–Trinajstić information content (AvgIpc) is 3.37. The van der Waals surface area contributed by atoms with Crippen molar-refractivity contribution in [2.75, 3.05) is 0 Å². The molecule has 0 aliphatic rings. The molecule has 3 heterocycles. The van der Waals surface area contributed by atoms with Crippen LogP contribution >= 0.6 is 0 Å². The summed E-state index contributed by atoms with van der Waals surface area (Å²) in [5, 5.41) is 8.14. The lowest BCUT2D eigenvalue weighted by Crippen LogP contribution is -2.12. The molecule has 4 heteroatoms. The number of nitrogens with zero attached hydrogens (tertiary/aromatic N) is 3. The number of aromatic nitrogens is 3. The van der Waals surface area contributed by atoms with Crippen molar-refractivity contribution in [3.63, 3.8) is 0 Å². The third kappa shape index (κ3) is 4.68. The van der Waals surface area contributed by atoms with Crippen molar-refractivity contribution in [3.05, 3.63) is 127 Å². The molecule has 0 saturated carbocycles. The zero-order valence-corrected chi connectivity index (χ0v) is 27.2. The summed E-state index contributed by atoms with van der Waals surface area (Å²) in [7, 11) is 0. The minimum atomic E-state index is 0.0146. The van der Waals surface area contributed by atoms with Gasteiger partial charge in [0.05, 0.1) is 16.6 Å². The van der Waals surface area contributed by atoms with Gasteiger partial charge in [0.1, 0.15) is 17.3 Å². The zero-order valence-electron chi connectivity index (χ0n) is 27.2. The number of pyridine rings is 2. The van der Waals surface area contributed by atoms with Crippen LogP contribution in [-0.4, -0.2) is 14.5 Å². The maximum Gasteiger partial charge on any atom is 0.137 e. The largest absolute Gasteiger partial charge is 0.457 e. The first-order chi connectivity index (χ1) is 22.0. The fraction of sp³-hybridized carbons (Fsp3) is 0.190. The number of hydrogen-bond donors (Lipinski definition) is 0. The van der Waals surface area contributed by atoms with Crippen LogP contribution in [0.25, 0.3) is 60.1 Å². The number of para-hydroxylation sites is 1. The van der Waals surface area contributed by atoms with Crippen LogP contribution < -0.4 is 4.74 Å². The van der Waals surface area contributed by atoms with E-state index < -0.39 is 0 Å². The Kier molecular flexibility index (Phi) is 6.24. The highest BCUT2D eigenvalue weighted by Crippen LogP contribution is 2.38. The van der Waals surface area contributed by atoms with Crippen molar-refractivity contribution >= 4 is 54.3 Å². The first kappa shape index (κ1) is 28.3. The molecule has 0 aliphatic carbocycles. The molecule has 4 nitrogen and oxygen atoms in total. The first-order valence-corrected chi connectivity index (χ1v) is 16.0. The van der Waals surface area contributed by atoms with Gasteiger partial charge in [-0.15, -0.1) is 0 Å². The van der Waals surface area contributed by atoms with Crippen molar-refractivity contribution in [1.29, 1.82) is 0 Å². The van der Waals surface area contributed by atoms with Gasteiger partial charge in [-0.05, 0) is 86.6 Å². The van der Waals surface area contributed by atoms with E-state index in [9.17, 15) is 0 Å². The van der Waals surface area contributed by atoms with E-state index in [0.29, 0.717) is 0 Å². The second kappa shape index (κ2) is 10.1. The Morgan fingerprint density at radius 2 is 1.22 bits per heavy atom. The standard InChI is InChI=1S/C42H37N3O/c1-41(2,3)29-19-20-43-38(22-29)45-36-10-8-7-9-33(36)34-18-17-32(24-37(34)45)46-31-16-15-26-11-12-27-13-14-28-21-30(42(4,5)6)25-44-40(28)39(27)35(26)23-31/h7-25H,1-6H3. The van der Waals surface area contributed by atoms with Crippen molar-refractivity contribution in [3.8, 4) is 17.3 Å². The number of benzene rings is 5. The SMILES string of the molecule is CC(C)(C)c1ccnc(-n2c3ccccc3c3ccc(Oc4ccc5ccc6ccc7cc(C(C)(C)C)cnc7c6c5c4)cc32)c1. The van der Waals surface area contributed by atoms with E-state index in [0.717, 1.165) is 55.4 Å². The molecule has 8 rings (SSSR count). The van der Waals surface area contributed by atoms with Gasteiger partial charge < -0.3 is 4.74 Å². The third-order valence-corrected chi connectivity index (χ3v) is 9.21. The molecular weight excluding hydrogens is 562 g/mol. The molecule has 0 bridgehead atoms. The van der Waals surface area contributed by atoms with Crippen LogP contribution in [0.2, 0.25) is 0 Å². The van der Waals surface area contributed by atoms with Crippen LogP contribution in [0.3, 0.4) is 0 Å². The predicted molar refractivity (Wildman–Crippen MR) is 193 cm³/mol. The lowest BCUT2D eigenvalue weighted by atomic mass is 9.87. The van der Waals surface area contributed by atoms with Crippen LogP contribution in [0, 0.1) is 0 Å². The van der Waals surface area contributed by atoms with Gasteiger partial charge in [-0.2, -0.15) is 0 Å². The zero-order chi connectivity index (χ0) is 31.8. The van der Waals surface area contributed by atoms with E-state index in [1.165, 1.54) is 27.3 Å². The van der Waals surface area contributed by atoms with Gasteiger partial charge in [-0.25, -0.2) is 4.98 Å². The van der Waals surface area contributed by atoms with Crippen LogP contribution in [-0.2, 0) is 10.8 Å². The first-order valence-electron chi connectivity index (χ1n) is 16.0. The molecule has 46 heavy (non-hydrogen) atoms. The van der Waals surface area contributed by atoms with Gasteiger partial charge in [0.15, 0.2) is 0 Å². The monoisotopic (exact) mass is 599 g/mol. The molecule has 3 aromatic heterocycles. The van der Waals surface area contributed by atoms with E-state index in [2.05, 4.69) is 149 Å². The average molecular weight is 600 g/mol. The Bertz CT molecular complexity index is 2470. The van der Waals surface area contributed by atoms with Gasteiger partial charge in [-0.1, -0.05) is 90.1 Å². The molecular formula is C42H37N3O. The van der Waals surface area contributed by atoms with Gasteiger partial charge >= 0.3 is 0 Å². The minimum absolute atomic E-state index is 0.0146. The summed E-state index contributed by atoms with van der Waals surface area (Å²) in [5.41, 5.74) is 5.74. The molecule has 0 spiro atoms. The third-order valence-electron chi connectivity index (χ3n) is 9.21. The lowest BCUT2D eigenvalue weighted by molar-refractivity contribution is 0.484. The number of fused-ring (bicyclic) bond motifs is 8. The second-order valence-electron chi connectivity index (χ2n) is 14.4. The van der Waals surface area contributed by atoms with Crippen molar-refractivity contribution in [1.82, 2.24) is 14.5 Å². The molecule has 0 fully saturated rings. The normalized spacial score (nSPS) is 12.6. The van der Waals surface area contributed by atoms with E-state index >= 15 is 0 Å². The summed E-state index contributed by atoms with van der Waals surface area (Å²) in [4.78, 5) is 9.84. The van der Waals surface area contributed by atoms with Crippen molar-refractivity contribution < 1.29 is 4.74 Å². The van der Waals surface area contributed by atoms with Gasteiger partial charge in [0, 0.05) is 40.0 Å². The van der Waals surface area contributed by atoms with E-state index in [1.54, 1.807) is 0 Å². The van der Waals surface area contributed by atoms with E-state index in [-0.39, 0.29) is 10.8 Å². The van der Waals surface area contributed by atoms with Crippen LogP contribution in [0.15, 0.2) is 116 Å². The lowest BCUT2D eigenvalue weighted by Gasteiger charge is -2.20. The van der Waals surface area contributed by atoms with Crippen molar-refractivity contribution in [2.45, 2.75) is 52.4 Å². The number of hydrogen-bond acceptors (Lipinski definition) is 3. The van der Waals surface area contributed by atoms with Crippen LogP contribution in [0.5, 0.6) is 11.5 Å². The molecule has 0 saturated heterocycles. The van der Waals surface area contributed by atoms with E-state index in [1.807, 2.05) is 12.4 Å². The molecule has 0 N–H and O–H groups in total. The number of rotatable bonds is 3. The second-order valence-corrected chi connectivity index (χ2v) is 14.4. The highest BCUT2D eigenvalue weighted by atomic mass is 16.5. The van der Waals surface area contributed by atoms with Gasteiger partial charge in [0.2, 0.25) is 0 Å². The minimum Gasteiger partial charge on any atom is -0.457 e. The fourth-order valence-corrected chi connectivity index (χ4v) is 6.59. The smallest absolute Gasteiger partial charge is 0.137 e. The molecule has 0 unspecified atom stereocenters. The summed E-state index contributed by atoms with van der Waals surface area (Å²) in [6.45, 7) is 13.4. The van der Waals surface area contributed by atoms with Crippen LogP contribution in [0.1, 0.15) is 52.7 Å². The quantitative estimate of drug-likeness (QED) is 0.190. The summed E-state index contributed by atoms with van der Waals surface area (Å²) < 4.78 is 8.88. The Morgan fingerprint density at radius 1 is 0.543 bits per heavy atom. The maximum atomic E-state index is 6.63. The van der Waals surface area contributed by atoms with Crippen LogP contribution in [0.4, 0.5) is 0 Å². The highest BCUT2D eigenvalue weighted by molar-refractivity contribution is 6.19. The molecule has 5 aromatic carbocycles. The van der Waals surface area contributed by atoms with Gasteiger partial charge in [0.25, 0.3) is 0 Å². The Labute approximate surface area is 269 Å². The predicted octanol–water partition coefficient (Wildman–Crippen LogP) is 11.4. The highest BCUT2D eigenvalue weighted by Gasteiger charge is 2.19. The van der Waals surface area contributed by atoms with Gasteiger partial charge in [-0.3, -0.25) is 9.55 Å². The van der Waals surface area contributed by atoms with E-state index in [4.69, 9.17) is 14.7 Å². The van der Waals surface area contributed by atoms with Crippen molar-refractivity contribution in [2.24, 2.45) is 0 Å². The molecule has 226 valence electrons. The summed E-state index contributed by atoms with van der Waals surface area (Å²) in [6.07, 6.45) is 3.94. The summed E-state index contributed by atoms with van der Waals surface area (Å²) >= 11 is 0. The Hall–Kier alpha value is -5.22.